The lowest BCUT2D eigenvalue weighted by molar-refractivity contribution is -0.0210. The Morgan fingerprint density at radius 1 is 1.27 bits per heavy atom. The van der Waals surface area contributed by atoms with Crippen molar-refractivity contribution in [3.8, 4) is 0 Å². The molecule has 2 nitrogen and oxygen atoms in total. The van der Waals surface area contributed by atoms with Crippen LogP contribution in [0.5, 0.6) is 0 Å². The summed E-state index contributed by atoms with van der Waals surface area (Å²) in [6.07, 6.45) is 8.38. The highest BCUT2D eigenvalue weighted by atomic mass is 16.5. The van der Waals surface area contributed by atoms with Crippen LogP contribution in [0, 0.1) is 5.92 Å². The van der Waals surface area contributed by atoms with Crippen LogP contribution in [-0.2, 0) is 4.74 Å². The Balaban J connectivity index is 2.28. The number of ether oxygens (including phenoxy) is 1. The largest absolute Gasteiger partial charge is 0.376 e. The second-order valence-corrected chi connectivity index (χ2v) is 4.72. The van der Waals surface area contributed by atoms with E-state index in [9.17, 15) is 0 Å². The normalized spacial score (nSPS) is 29.0. The van der Waals surface area contributed by atoms with Gasteiger partial charge in [0.1, 0.15) is 0 Å². The van der Waals surface area contributed by atoms with Gasteiger partial charge in [-0.05, 0) is 32.2 Å². The maximum Gasteiger partial charge on any atom is 0.0623 e. The van der Waals surface area contributed by atoms with Gasteiger partial charge in [0.15, 0.2) is 0 Å². The quantitative estimate of drug-likeness (QED) is 0.732. The first-order valence-corrected chi connectivity index (χ1v) is 6.60. The van der Waals surface area contributed by atoms with Gasteiger partial charge in [0.2, 0.25) is 0 Å². The van der Waals surface area contributed by atoms with Gasteiger partial charge < -0.3 is 10.1 Å². The SMILES string of the molecule is CCC(COC1CCCCC1CC)NC. The minimum Gasteiger partial charge on any atom is -0.376 e. The van der Waals surface area contributed by atoms with Gasteiger partial charge in [0, 0.05) is 6.04 Å². The van der Waals surface area contributed by atoms with Gasteiger partial charge in [-0.2, -0.15) is 0 Å². The van der Waals surface area contributed by atoms with E-state index in [4.69, 9.17) is 4.74 Å². The molecule has 0 aromatic carbocycles. The molecule has 3 atom stereocenters. The van der Waals surface area contributed by atoms with Crippen LogP contribution in [0.15, 0.2) is 0 Å². The van der Waals surface area contributed by atoms with E-state index in [-0.39, 0.29) is 0 Å². The summed E-state index contributed by atoms with van der Waals surface area (Å²) in [5, 5.41) is 3.30. The maximum absolute atomic E-state index is 6.07. The molecule has 0 spiro atoms. The standard InChI is InChI=1S/C13H27NO/c1-4-11-8-6-7-9-13(11)15-10-12(5-2)14-3/h11-14H,4-10H2,1-3H3. The summed E-state index contributed by atoms with van der Waals surface area (Å²) in [4.78, 5) is 0. The molecule has 0 aliphatic heterocycles. The highest BCUT2D eigenvalue weighted by Crippen LogP contribution is 2.29. The molecule has 1 fully saturated rings. The Labute approximate surface area is 94.8 Å². The Hall–Kier alpha value is -0.0800. The molecule has 1 N–H and O–H groups in total. The highest BCUT2D eigenvalue weighted by Gasteiger charge is 2.24. The molecule has 3 unspecified atom stereocenters. The van der Waals surface area contributed by atoms with Gasteiger partial charge in [-0.3, -0.25) is 0 Å². The van der Waals surface area contributed by atoms with E-state index in [2.05, 4.69) is 19.2 Å². The monoisotopic (exact) mass is 213 g/mol. The van der Waals surface area contributed by atoms with Crippen LogP contribution in [0.4, 0.5) is 0 Å². The first kappa shape index (κ1) is 13.0. The van der Waals surface area contributed by atoms with Crippen molar-refractivity contribution in [2.24, 2.45) is 5.92 Å². The smallest absolute Gasteiger partial charge is 0.0623 e. The molecule has 0 saturated heterocycles. The molecule has 0 amide bonds. The van der Waals surface area contributed by atoms with Gasteiger partial charge in [-0.1, -0.05) is 33.1 Å². The summed E-state index contributed by atoms with van der Waals surface area (Å²) in [6.45, 7) is 5.39. The Morgan fingerprint density at radius 3 is 2.60 bits per heavy atom. The van der Waals surface area contributed by atoms with Crippen molar-refractivity contribution in [3.05, 3.63) is 0 Å². The molecular weight excluding hydrogens is 186 g/mol. The molecule has 0 aromatic rings. The van der Waals surface area contributed by atoms with Crippen LogP contribution in [0.3, 0.4) is 0 Å². The Bertz CT molecular complexity index is 157. The number of hydrogen-bond donors (Lipinski definition) is 1. The van der Waals surface area contributed by atoms with Gasteiger partial charge in [0.25, 0.3) is 0 Å². The van der Waals surface area contributed by atoms with E-state index >= 15 is 0 Å². The molecular formula is C13H27NO. The molecule has 15 heavy (non-hydrogen) atoms. The van der Waals surface area contributed by atoms with Crippen molar-refractivity contribution in [1.82, 2.24) is 5.32 Å². The second-order valence-electron chi connectivity index (χ2n) is 4.72. The zero-order chi connectivity index (χ0) is 11.1. The van der Waals surface area contributed by atoms with Gasteiger partial charge in [-0.15, -0.1) is 0 Å². The molecule has 1 aliphatic carbocycles. The van der Waals surface area contributed by atoms with E-state index < -0.39 is 0 Å². The van der Waals surface area contributed by atoms with E-state index in [0.717, 1.165) is 18.9 Å². The minimum absolute atomic E-state index is 0.532. The van der Waals surface area contributed by atoms with Crippen LogP contribution in [0.2, 0.25) is 0 Å². The fourth-order valence-corrected chi connectivity index (χ4v) is 2.51. The van der Waals surface area contributed by atoms with Crippen molar-refractivity contribution in [1.29, 1.82) is 0 Å². The van der Waals surface area contributed by atoms with Crippen molar-refractivity contribution in [3.63, 3.8) is 0 Å². The lowest BCUT2D eigenvalue weighted by atomic mass is 9.85. The molecule has 1 aliphatic rings. The average Bonchev–Trinajstić information content (AvgIpc) is 2.31. The van der Waals surface area contributed by atoms with E-state index in [1.807, 2.05) is 7.05 Å². The highest BCUT2D eigenvalue weighted by molar-refractivity contribution is 4.75. The van der Waals surface area contributed by atoms with Crippen molar-refractivity contribution in [2.75, 3.05) is 13.7 Å². The molecule has 90 valence electrons. The summed E-state index contributed by atoms with van der Waals surface area (Å²) in [5.74, 6) is 0.813. The lowest BCUT2D eigenvalue weighted by Gasteiger charge is -2.32. The average molecular weight is 213 g/mol. The van der Waals surface area contributed by atoms with Crippen molar-refractivity contribution in [2.45, 2.75) is 64.5 Å². The predicted octanol–water partition coefficient (Wildman–Crippen LogP) is 2.97. The summed E-state index contributed by atoms with van der Waals surface area (Å²) < 4.78 is 6.07. The summed E-state index contributed by atoms with van der Waals surface area (Å²) in [6, 6.07) is 0.532. The maximum atomic E-state index is 6.07. The molecule has 1 saturated carbocycles. The number of nitrogens with one attached hydrogen (secondary N) is 1. The summed E-state index contributed by atoms with van der Waals surface area (Å²) >= 11 is 0. The van der Waals surface area contributed by atoms with Crippen LogP contribution < -0.4 is 5.32 Å². The lowest BCUT2D eigenvalue weighted by Crippen LogP contribution is -2.35. The number of likely N-dealkylation sites (N-methyl/N-ethyl adjacent to an activating group) is 1. The molecule has 0 aromatic heterocycles. The van der Waals surface area contributed by atoms with E-state index in [1.165, 1.54) is 32.1 Å². The van der Waals surface area contributed by atoms with Crippen LogP contribution >= 0.6 is 0 Å². The third-order valence-corrected chi connectivity index (χ3v) is 3.78. The van der Waals surface area contributed by atoms with E-state index in [0.29, 0.717) is 12.1 Å². The fraction of sp³-hybridized carbons (Fsp3) is 1.00. The zero-order valence-corrected chi connectivity index (χ0v) is 10.6. The predicted molar refractivity (Wildman–Crippen MR) is 65.1 cm³/mol. The van der Waals surface area contributed by atoms with Gasteiger partial charge in [0.05, 0.1) is 12.7 Å². The molecule has 2 heteroatoms. The van der Waals surface area contributed by atoms with E-state index in [1.54, 1.807) is 0 Å². The third kappa shape index (κ3) is 4.12. The third-order valence-electron chi connectivity index (χ3n) is 3.78. The summed E-state index contributed by atoms with van der Waals surface area (Å²) in [7, 11) is 2.02. The Morgan fingerprint density at radius 2 is 2.00 bits per heavy atom. The number of hydrogen-bond acceptors (Lipinski definition) is 2. The van der Waals surface area contributed by atoms with Crippen LogP contribution in [0.1, 0.15) is 52.4 Å². The first-order chi connectivity index (χ1) is 7.31. The van der Waals surface area contributed by atoms with Gasteiger partial charge >= 0.3 is 0 Å². The zero-order valence-electron chi connectivity index (χ0n) is 10.6. The molecule has 0 radical (unpaired) electrons. The molecule has 0 heterocycles. The minimum atomic E-state index is 0.532. The number of rotatable bonds is 6. The molecule has 1 rings (SSSR count). The topological polar surface area (TPSA) is 21.3 Å². The fourth-order valence-electron chi connectivity index (χ4n) is 2.51. The van der Waals surface area contributed by atoms with Gasteiger partial charge in [-0.25, -0.2) is 0 Å². The second kappa shape index (κ2) is 7.24. The first-order valence-electron chi connectivity index (χ1n) is 6.60. The van der Waals surface area contributed by atoms with Crippen molar-refractivity contribution < 1.29 is 4.74 Å². The summed E-state index contributed by atoms with van der Waals surface area (Å²) in [5.41, 5.74) is 0. The molecule has 0 bridgehead atoms. The van der Waals surface area contributed by atoms with Crippen LogP contribution in [-0.4, -0.2) is 25.8 Å². The van der Waals surface area contributed by atoms with Crippen LogP contribution in [0.25, 0.3) is 0 Å². The Kier molecular flexibility index (Phi) is 6.26. The van der Waals surface area contributed by atoms with Crippen molar-refractivity contribution >= 4 is 0 Å².